The second-order valence-electron chi connectivity index (χ2n) is 5.83. The second-order valence-corrected chi connectivity index (χ2v) is 5.83. The van der Waals surface area contributed by atoms with Crippen LogP contribution in [0.1, 0.15) is 30.5 Å². The second kappa shape index (κ2) is 3.65. The molecule has 98 valence electrons. The number of fused-ring (bicyclic) bond motifs is 1. The Bertz CT molecular complexity index is 656. The lowest BCUT2D eigenvalue weighted by molar-refractivity contribution is 0.435. The Morgan fingerprint density at radius 1 is 1.11 bits per heavy atom. The Morgan fingerprint density at radius 2 is 1.95 bits per heavy atom. The quantitative estimate of drug-likeness (QED) is 0.833. The van der Waals surface area contributed by atoms with Crippen molar-refractivity contribution in [3.05, 3.63) is 41.1 Å². The van der Waals surface area contributed by atoms with Crippen LogP contribution in [0.2, 0.25) is 0 Å². The number of rotatable bonds is 1. The molecule has 0 radical (unpaired) electrons. The predicted molar refractivity (Wildman–Crippen MR) is 67.6 cm³/mol. The molecule has 1 aromatic heterocycles. The van der Waals surface area contributed by atoms with Crippen molar-refractivity contribution in [3.63, 3.8) is 0 Å². The number of nitrogens with zero attached hydrogens (tertiary/aromatic N) is 1. The van der Waals surface area contributed by atoms with Gasteiger partial charge in [0.25, 0.3) is 0 Å². The summed E-state index contributed by atoms with van der Waals surface area (Å²) in [6, 6.07) is 4.00. The van der Waals surface area contributed by atoms with Crippen molar-refractivity contribution < 1.29 is 8.78 Å². The van der Waals surface area contributed by atoms with Crippen LogP contribution in [0, 0.1) is 17.0 Å². The van der Waals surface area contributed by atoms with Crippen molar-refractivity contribution >= 4 is 0 Å². The highest BCUT2D eigenvalue weighted by Gasteiger charge is 2.45. The summed E-state index contributed by atoms with van der Waals surface area (Å²) < 4.78 is 26.4. The van der Waals surface area contributed by atoms with Crippen LogP contribution in [0.15, 0.2) is 18.2 Å². The monoisotopic (exact) mass is 260 g/mol. The normalized spacial score (nSPS) is 19.5. The third-order valence-electron chi connectivity index (χ3n) is 4.56. The lowest BCUT2D eigenvalue weighted by Gasteiger charge is -2.21. The molecule has 0 bridgehead atoms. The fourth-order valence-corrected chi connectivity index (χ4v) is 3.14. The van der Waals surface area contributed by atoms with Crippen molar-refractivity contribution in [1.82, 2.24) is 10.2 Å². The molecule has 19 heavy (non-hydrogen) atoms. The summed E-state index contributed by atoms with van der Waals surface area (Å²) in [7, 11) is 0. The van der Waals surface area contributed by atoms with Crippen LogP contribution < -0.4 is 0 Å². The topological polar surface area (TPSA) is 28.7 Å². The van der Waals surface area contributed by atoms with Gasteiger partial charge < -0.3 is 0 Å². The molecule has 1 aromatic carbocycles. The fourth-order valence-electron chi connectivity index (χ4n) is 3.14. The zero-order chi connectivity index (χ0) is 13.0. The minimum Gasteiger partial charge on any atom is -0.282 e. The first kappa shape index (κ1) is 11.1. The smallest absolute Gasteiger partial charge is 0.159 e. The average molecular weight is 260 g/mol. The maximum absolute atomic E-state index is 13.4. The van der Waals surface area contributed by atoms with Gasteiger partial charge in [-0.3, -0.25) is 5.10 Å². The molecule has 0 unspecified atom stereocenters. The molecule has 1 spiro atoms. The molecule has 0 saturated heterocycles. The van der Waals surface area contributed by atoms with E-state index in [1.165, 1.54) is 37.0 Å². The van der Waals surface area contributed by atoms with Crippen LogP contribution in [0.5, 0.6) is 0 Å². The van der Waals surface area contributed by atoms with Crippen molar-refractivity contribution in [1.29, 1.82) is 0 Å². The Hall–Kier alpha value is -1.71. The number of halogens is 2. The molecule has 1 saturated carbocycles. The van der Waals surface area contributed by atoms with Gasteiger partial charge in [0.15, 0.2) is 11.6 Å². The standard InChI is InChI=1S/C15H14F2N2/c16-11-2-1-9(7-12(11)17)14-10-8-15(5-6-15)4-3-13(10)18-19-14/h1-2,7H,3-6,8H2,(H,18,19). The number of aromatic amines is 1. The van der Waals surface area contributed by atoms with E-state index in [-0.39, 0.29) is 0 Å². The molecule has 4 heteroatoms. The van der Waals surface area contributed by atoms with Crippen molar-refractivity contribution in [2.75, 3.05) is 0 Å². The van der Waals surface area contributed by atoms with E-state index in [4.69, 9.17) is 0 Å². The van der Waals surface area contributed by atoms with Crippen LogP contribution in [0.4, 0.5) is 8.78 Å². The van der Waals surface area contributed by atoms with Crippen LogP contribution in [0.25, 0.3) is 11.3 Å². The minimum absolute atomic E-state index is 0.476. The molecule has 4 rings (SSSR count). The third kappa shape index (κ3) is 1.70. The molecule has 0 aliphatic heterocycles. The first-order valence-electron chi connectivity index (χ1n) is 6.68. The van der Waals surface area contributed by atoms with E-state index in [1.54, 1.807) is 6.07 Å². The molecular weight excluding hydrogens is 246 g/mol. The van der Waals surface area contributed by atoms with Gasteiger partial charge in [-0.15, -0.1) is 0 Å². The maximum Gasteiger partial charge on any atom is 0.159 e. The zero-order valence-electron chi connectivity index (χ0n) is 10.5. The van der Waals surface area contributed by atoms with Crippen LogP contribution in [0.3, 0.4) is 0 Å². The molecule has 2 aliphatic carbocycles. The Labute approximate surface area is 109 Å². The van der Waals surface area contributed by atoms with Gasteiger partial charge in [0.2, 0.25) is 0 Å². The van der Waals surface area contributed by atoms with Gasteiger partial charge in [-0.1, -0.05) is 0 Å². The highest BCUT2D eigenvalue weighted by Crippen LogP contribution is 2.55. The van der Waals surface area contributed by atoms with Gasteiger partial charge in [-0.25, -0.2) is 8.78 Å². The minimum atomic E-state index is -0.814. The molecule has 0 amide bonds. The van der Waals surface area contributed by atoms with Crippen LogP contribution in [-0.4, -0.2) is 10.2 Å². The van der Waals surface area contributed by atoms with E-state index < -0.39 is 11.6 Å². The number of benzene rings is 1. The Kier molecular flexibility index (Phi) is 2.14. The molecule has 1 heterocycles. The highest BCUT2D eigenvalue weighted by molar-refractivity contribution is 5.64. The summed E-state index contributed by atoms with van der Waals surface area (Å²) in [5.41, 5.74) is 4.30. The van der Waals surface area contributed by atoms with Gasteiger partial charge in [0.05, 0.1) is 5.69 Å². The lowest BCUT2D eigenvalue weighted by atomic mass is 9.83. The average Bonchev–Trinajstić information content (AvgIpc) is 3.01. The molecule has 0 atom stereocenters. The molecule has 2 nitrogen and oxygen atoms in total. The van der Waals surface area contributed by atoms with E-state index in [1.807, 2.05) is 0 Å². The number of aryl methyl sites for hydroxylation is 1. The third-order valence-corrected chi connectivity index (χ3v) is 4.56. The lowest BCUT2D eigenvalue weighted by Crippen LogP contribution is -2.14. The Morgan fingerprint density at radius 3 is 2.68 bits per heavy atom. The number of aromatic nitrogens is 2. The predicted octanol–water partition coefficient (Wildman–Crippen LogP) is 3.62. The molecule has 2 aromatic rings. The molecule has 1 N–H and O–H groups in total. The largest absolute Gasteiger partial charge is 0.282 e. The summed E-state index contributed by atoms with van der Waals surface area (Å²) in [5.74, 6) is -1.63. The van der Waals surface area contributed by atoms with Crippen molar-refractivity contribution in [2.45, 2.75) is 32.1 Å². The van der Waals surface area contributed by atoms with Gasteiger partial charge in [0, 0.05) is 16.8 Å². The SMILES string of the molecule is Fc1ccc(-c2n[nH]c3c2CC2(CC3)CC2)cc1F. The number of hydrogen-bond donors (Lipinski definition) is 1. The van der Waals surface area contributed by atoms with E-state index in [0.29, 0.717) is 11.0 Å². The van der Waals surface area contributed by atoms with Crippen LogP contribution in [-0.2, 0) is 12.8 Å². The van der Waals surface area contributed by atoms with Gasteiger partial charge in [-0.05, 0) is 55.7 Å². The van der Waals surface area contributed by atoms with E-state index >= 15 is 0 Å². The first-order chi connectivity index (χ1) is 9.17. The summed E-state index contributed by atoms with van der Waals surface area (Å²) >= 11 is 0. The number of nitrogens with one attached hydrogen (secondary N) is 1. The highest BCUT2D eigenvalue weighted by atomic mass is 19.2. The first-order valence-corrected chi connectivity index (χ1v) is 6.68. The molecule has 2 aliphatic rings. The van der Waals surface area contributed by atoms with E-state index in [9.17, 15) is 8.78 Å². The summed E-state index contributed by atoms with van der Waals surface area (Å²) in [4.78, 5) is 0. The molecular formula is C15H14F2N2. The number of hydrogen-bond acceptors (Lipinski definition) is 1. The maximum atomic E-state index is 13.4. The van der Waals surface area contributed by atoms with Gasteiger partial charge >= 0.3 is 0 Å². The van der Waals surface area contributed by atoms with Crippen LogP contribution >= 0.6 is 0 Å². The van der Waals surface area contributed by atoms with Crippen molar-refractivity contribution in [3.8, 4) is 11.3 Å². The van der Waals surface area contributed by atoms with Gasteiger partial charge in [0.1, 0.15) is 0 Å². The van der Waals surface area contributed by atoms with Crippen molar-refractivity contribution in [2.24, 2.45) is 5.41 Å². The van der Waals surface area contributed by atoms with Gasteiger partial charge in [-0.2, -0.15) is 5.10 Å². The van der Waals surface area contributed by atoms with E-state index in [2.05, 4.69) is 10.2 Å². The summed E-state index contributed by atoms with van der Waals surface area (Å²) in [5, 5.41) is 7.38. The number of H-pyrrole nitrogens is 1. The summed E-state index contributed by atoms with van der Waals surface area (Å²) in [6.07, 6.45) is 5.84. The fraction of sp³-hybridized carbons (Fsp3) is 0.400. The molecule has 1 fully saturated rings. The van der Waals surface area contributed by atoms with E-state index in [0.717, 1.165) is 24.2 Å². The summed E-state index contributed by atoms with van der Waals surface area (Å²) in [6.45, 7) is 0. The Balaban J connectivity index is 1.79. The zero-order valence-corrected chi connectivity index (χ0v) is 10.5.